The minimum Gasteiger partial charge on any atom is -0.493 e. The van der Waals surface area contributed by atoms with Crippen molar-refractivity contribution in [2.75, 3.05) is 13.2 Å². The van der Waals surface area contributed by atoms with Gasteiger partial charge in [-0.3, -0.25) is 0 Å². The van der Waals surface area contributed by atoms with Crippen LogP contribution < -0.4 is 9.46 Å². The van der Waals surface area contributed by atoms with Crippen molar-refractivity contribution in [1.82, 2.24) is 4.72 Å². The molecule has 1 atom stereocenters. The lowest BCUT2D eigenvalue weighted by molar-refractivity contribution is 0.296. The van der Waals surface area contributed by atoms with Gasteiger partial charge in [0.1, 0.15) is 5.75 Å². The van der Waals surface area contributed by atoms with Gasteiger partial charge in [-0.2, -0.15) is 0 Å². The van der Waals surface area contributed by atoms with E-state index < -0.39 is 10.0 Å². The zero-order chi connectivity index (χ0) is 26.3. The quantitative estimate of drug-likeness (QED) is 0.270. The Morgan fingerprint density at radius 1 is 0.886 bits per heavy atom. The second-order valence-corrected chi connectivity index (χ2v) is 12.8. The summed E-state index contributed by atoms with van der Waals surface area (Å²) in [6, 6.07) is 13.9. The van der Waals surface area contributed by atoms with E-state index in [-0.39, 0.29) is 10.8 Å². The lowest BCUT2D eigenvalue weighted by Crippen LogP contribution is -2.25. The molecule has 0 fully saturated rings. The Morgan fingerprint density at radius 2 is 1.51 bits per heavy atom. The molecule has 0 bridgehead atoms. The van der Waals surface area contributed by atoms with Crippen molar-refractivity contribution in [3.63, 3.8) is 0 Å². The van der Waals surface area contributed by atoms with Crippen LogP contribution in [0, 0.1) is 0 Å². The smallest absolute Gasteiger partial charge is 0.240 e. The molecule has 0 heterocycles. The first-order valence-corrected chi connectivity index (χ1v) is 14.7. The summed E-state index contributed by atoms with van der Waals surface area (Å²) >= 11 is 0. The fraction of sp³-hybridized carbons (Fsp3) is 0.600. The molecule has 196 valence electrons. The molecule has 0 saturated carbocycles. The highest BCUT2D eigenvalue weighted by Gasteiger charge is 2.26. The molecule has 35 heavy (non-hydrogen) atoms. The van der Waals surface area contributed by atoms with Crippen LogP contribution in [0.15, 0.2) is 47.4 Å². The third-order valence-electron chi connectivity index (χ3n) is 7.75. The molecule has 2 aromatic rings. The zero-order valence-electron chi connectivity index (χ0n) is 23.2. The maximum Gasteiger partial charge on any atom is 0.240 e. The highest BCUT2D eigenvalue weighted by molar-refractivity contribution is 7.89. The Hall–Kier alpha value is -1.85. The predicted octanol–water partition coefficient (Wildman–Crippen LogP) is 7.71. The van der Waals surface area contributed by atoms with Crippen LogP contribution in [0.1, 0.15) is 110 Å². The molecule has 0 spiro atoms. The number of ether oxygens (including phenoxy) is 1. The van der Waals surface area contributed by atoms with E-state index in [9.17, 15) is 8.42 Å². The Kier molecular flexibility index (Phi) is 10.4. The summed E-state index contributed by atoms with van der Waals surface area (Å²) in [5.41, 5.74) is 3.91. The summed E-state index contributed by atoms with van der Waals surface area (Å²) in [6.45, 7) is 18.8. The number of unbranched alkanes of at least 4 members (excludes halogenated alkanes) is 1. The minimum atomic E-state index is -3.49. The largest absolute Gasteiger partial charge is 0.493 e. The van der Waals surface area contributed by atoms with Crippen LogP contribution in [0.4, 0.5) is 0 Å². The van der Waals surface area contributed by atoms with E-state index in [2.05, 4.69) is 78.3 Å². The van der Waals surface area contributed by atoms with E-state index in [4.69, 9.17) is 4.74 Å². The van der Waals surface area contributed by atoms with Crippen LogP contribution in [0.25, 0.3) is 0 Å². The van der Waals surface area contributed by atoms with Crippen LogP contribution in [0.5, 0.6) is 5.75 Å². The van der Waals surface area contributed by atoms with Crippen molar-refractivity contribution in [3.8, 4) is 5.75 Å². The summed E-state index contributed by atoms with van der Waals surface area (Å²) in [5, 5.41) is 0. The lowest BCUT2D eigenvalue weighted by Gasteiger charge is -2.30. The first-order valence-electron chi connectivity index (χ1n) is 13.3. The summed E-state index contributed by atoms with van der Waals surface area (Å²) in [4.78, 5) is 0.322. The van der Waals surface area contributed by atoms with Crippen LogP contribution in [0.3, 0.4) is 0 Å². The van der Waals surface area contributed by atoms with Gasteiger partial charge in [0.25, 0.3) is 0 Å². The maximum atomic E-state index is 12.6. The number of nitrogens with one attached hydrogen (secondary N) is 1. The van der Waals surface area contributed by atoms with Crippen molar-refractivity contribution in [2.24, 2.45) is 0 Å². The molecule has 0 amide bonds. The molecule has 0 aromatic heterocycles. The van der Waals surface area contributed by atoms with E-state index in [1.165, 1.54) is 16.7 Å². The maximum absolute atomic E-state index is 12.6. The van der Waals surface area contributed by atoms with Crippen molar-refractivity contribution < 1.29 is 13.2 Å². The number of hydrogen-bond acceptors (Lipinski definition) is 3. The summed E-state index contributed by atoms with van der Waals surface area (Å²) in [7, 11) is -3.49. The second-order valence-electron chi connectivity index (χ2n) is 11.0. The van der Waals surface area contributed by atoms with Gasteiger partial charge < -0.3 is 4.74 Å². The van der Waals surface area contributed by atoms with Crippen LogP contribution in [-0.2, 0) is 20.9 Å². The van der Waals surface area contributed by atoms with E-state index in [1.54, 1.807) is 12.1 Å². The standard InChI is InChI=1S/C30H47NO3S/c1-9-23(4)24-14-17-26(18-15-24)35(32,33)31-20-12-13-21-34-28-19-16-25(29(5,6)10-2)22-27(28)30(7,8)11-3/h14-19,22-23,31H,9-13,20-21H2,1-8H3. The second kappa shape index (κ2) is 12.4. The van der Waals surface area contributed by atoms with Gasteiger partial charge in [0.15, 0.2) is 0 Å². The van der Waals surface area contributed by atoms with E-state index in [0.29, 0.717) is 24.0 Å². The fourth-order valence-electron chi connectivity index (χ4n) is 3.91. The van der Waals surface area contributed by atoms with Crippen molar-refractivity contribution in [1.29, 1.82) is 0 Å². The lowest BCUT2D eigenvalue weighted by atomic mass is 9.76. The average Bonchev–Trinajstić information content (AvgIpc) is 2.85. The highest BCUT2D eigenvalue weighted by Crippen LogP contribution is 2.38. The number of benzene rings is 2. The van der Waals surface area contributed by atoms with Crippen LogP contribution in [-0.4, -0.2) is 21.6 Å². The molecule has 0 radical (unpaired) electrons. The molecule has 2 rings (SSSR count). The van der Waals surface area contributed by atoms with Gasteiger partial charge in [-0.1, -0.05) is 79.7 Å². The van der Waals surface area contributed by atoms with E-state index in [0.717, 1.165) is 37.9 Å². The van der Waals surface area contributed by atoms with Crippen molar-refractivity contribution in [3.05, 3.63) is 59.2 Å². The van der Waals surface area contributed by atoms with Crippen LogP contribution >= 0.6 is 0 Å². The average molecular weight is 502 g/mol. The van der Waals surface area contributed by atoms with Crippen LogP contribution in [0.2, 0.25) is 0 Å². The van der Waals surface area contributed by atoms with Gasteiger partial charge in [-0.05, 0) is 78.2 Å². The van der Waals surface area contributed by atoms with Gasteiger partial charge >= 0.3 is 0 Å². The Morgan fingerprint density at radius 3 is 2.09 bits per heavy atom. The van der Waals surface area contributed by atoms with Crippen molar-refractivity contribution >= 4 is 10.0 Å². The van der Waals surface area contributed by atoms with Gasteiger partial charge in [0.05, 0.1) is 11.5 Å². The predicted molar refractivity (Wildman–Crippen MR) is 148 cm³/mol. The number of hydrogen-bond donors (Lipinski definition) is 1. The number of sulfonamides is 1. The SMILES string of the molecule is CCC(C)c1ccc(S(=O)(=O)NCCCCOc2ccc(C(C)(C)CC)cc2C(C)(C)CC)cc1. The molecule has 0 saturated heterocycles. The Balaban J connectivity index is 1.93. The molecule has 0 aliphatic heterocycles. The summed E-state index contributed by atoms with van der Waals surface area (Å²) in [5.74, 6) is 1.37. The third kappa shape index (κ3) is 7.82. The molecule has 0 aliphatic rings. The molecule has 4 nitrogen and oxygen atoms in total. The summed E-state index contributed by atoms with van der Waals surface area (Å²) in [6.07, 6.45) is 4.64. The summed E-state index contributed by atoms with van der Waals surface area (Å²) < 4.78 is 34.2. The first-order chi connectivity index (χ1) is 16.4. The van der Waals surface area contributed by atoms with Gasteiger partial charge in [0, 0.05) is 12.1 Å². The van der Waals surface area contributed by atoms with Gasteiger partial charge in [-0.15, -0.1) is 0 Å². The van der Waals surface area contributed by atoms with E-state index in [1.807, 2.05) is 12.1 Å². The van der Waals surface area contributed by atoms with Gasteiger partial charge in [0.2, 0.25) is 10.0 Å². The molecule has 5 heteroatoms. The first kappa shape index (κ1) is 29.4. The highest BCUT2D eigenvalue weighted by atomic mass is 32.2. The zero-order valence-corrected chi connectivity index (χ0v) is 24.0. The molecule has 0 aliphatic carbocycles. The minimum absolute atomic E-state index is 0.0231. The van der Waals surface area contributed by atoms with E-state index >= 15 is 0 Å². The molecule has 1 N–H and O–H groups in total. The number of rotatable bonds is 14. The molecule has 1 unspecified atom stereocenters. The Labute approximate surface area is 214 Å². The topological polar surface area (TPSA) is 55.4 Å². The van der Waals surface area contributed by atoms with Gasteiger partial charge in [-0.25, -0.2) is 13.1 Å². The molecule has 2 aromatic carbocycles. The monoisotopic (exact) mass is 501 g/mol. The molecular formula is C30H47NO3S. The fourth-order valence-corrected chi connectivity index (χ4v) is 4.98. The third-order valence-corrected chi connectivity index (χ3v) is 9.23. The molecular weight excluding hydrogens is 454 g/mol. The van der Waals surface area contributed by atoms with Crippen molar-refractivity contribution in [2.45, 2.75) is 109 Å². The normalized spacial score (nSPS) is 13.6. The Bertz CT molecular complexity index is 1040.